The first-order valence-corrected chi connectivity index (χ1v) is 6.45. The molecular formula is C15H14ClN3. The number of aromatic nitrogens is 2. The summed E-state index contributed by atoms with van der Waals surface area (Å²) in [6.07, 6.45) is 0. The molecule has 0 spiro atoms. The van der Waals surface area contributed by atoms with Gasteiger partial charge in [0.05, 0.1) is 16.7 Å². The van der Waals surface area contributed by atoms with Gasteiger partial charge in [-0.25, -0.2) is 4.98 Å². The van der Waals surface area contributed by atoms with Gasteiger partial charge >= 0.3 is 0 Å². The lowest BCUT2D eigenvalue weighted by Crippen LogP contribution is -1.99. The molecule has 19 heavy (non-hydrogen) atoms. The molecule has 0 unspecified atom stereocenters. The molecule has 1 heterocycles. The Morgan fingerprint density at radius 2 is 1.89 bits per heavy atom. The first-order valence-electron chi connectivity index (χ1n) is 6.07. The minimum atomic E-state index is 0.720. The van der Waals surface area contributed by atoms with E-state index in [0.717, 1.165) is 38.8 Å². The van der Waals surface area contributed by atoms with Gasteiger partial charge in [-0.05, 0) is 49.7 Å². The van der Waals surface area contributed by atoms with Crippen LogP contribution in [-0.4, -0.2) is 9.55 Å². The van der Waals surface area contributed by atoms with Crippen molar-refractivity contribution in [2.24, 2.45) is 0 Å². The Balaban J connectivity index is 2.36. The van der Waals surface area contributed by atoms with E-state index in [0.29, 0.717) is 0 Å². The summed E-state index contributed by atoms with van der Waals surface area (Å²) in [6, 6.07) is 11.6. The normalized spacial score (nSPS) is 11.1. The van der Waals surface area contributed by atoms with E-state index in [9.17, 15) is 0 Å². The first kappa shape index (κ1) is 12.1. The standard InChI is InChI=1S/C15H14ClN3/c1-9-3-4-11(16)7-15(9)19-10(2)18-13-8-12(17)5-6-14(13)19/h3-8H,17H2,1-2H3. The van der Waals surface area contributed by atoms with Crippen molar-refractivity contribution in [2.45, 2.75) is 13.8 Å². The number of fused-ring (bicyclic) bond motifs is 1. The van der Waals surface area contributed by atoms with Gasteiger partial charge in [0.25, 0.3) is 0 Å². The molecule has 2 aromatic carbocycles. The van der Waals surface area contributed by atoms with Gasteiger partial charge in [0.15, 0.2) is 0 Å². The van der Waals surface area contributed by atoms with Crippen LogP contribution in [0.15, 0.2) is 36.4 Å². The molecule has 0 saturated heterocycles. The van der Waals surface area contributed by atoms with Gasteiger partial charge in [-0.3, -0.25) is 4.57 Å². The second-order valence-electron chi connectivity index (χ2n) is 4.67. The van der Waals surface area contributed by atoms with Crippen LogP contribution in [0.4, 0.5) is 5.69 Å². The molecule has 0 radical (unpaired) electrons. The number of rotatable bonds is 1. The van der Waals surface area contributed by atoms with Gasteiger partial charge in [-0.2, -0.15) is 0 Å². The van der Waals surface area contributed by atoms with E-state index < -0.39 is 0 Å². The average Bonchev–Trinajstić information content (AvgIpc) is 2.67. The molecule has 0 atom stereocenters. The minimum Gasteiger partial charge on any atom is -0.399 e. The molecule has 0 fully saturated rings. The molecule has 3 rings (SSSR count). The molecular weight excluding hydrogens is 258 g/mol. The SMILES string of the molecule is Cc1ccc(Cl)cc1-n1c(C)nc2cc(N)ccc21. The number of anilines is 1. The van der Waals surface area contributed by atoms with Crippen LogP contribution < -0.4 is 5.73 Å². The number of halogens is 1. The molecule has 0 amide bonds. The third-order valence-electron chi connectivity index (χ3n) is 3.26. The van der Waals surface area contributed by atoms with E-state index >= 15 is 0 Å². The summed E-state index contributed by atoms with van der Waals surface area (Å²) >= 11 is 6.11. The quantitative estimate of drug-likeness (QED) is 0.683. The van der Waals surface area contributed by atoms with Crippen LogP contribution in [0.1, 0.15) is 11.4 Å². The van der Waals surface area contributed by atoms with Crippen molar-refractivity contribution in [3.05, 3.63) is 52.8 Å². The van der Waals surface area contributed by atoms with Gasteiger partial charge < -0.3 is 5.73 Å². The Bertz CT molecular complexity index is 774. The Labute approximate surface area is 116 Å². The monoisotopic (exact) mass is 271 g/mol. The maximum atomic E-state index is 6.11. The van der Waals surface area contributed by atoms with E-state index in [2.05, 4.69) is 16.5 Å². The average molecular weight is 272 g/mol. The summed E-state index contributed by atoms with van der Waals surface area (Å²) in [7, 11) is 0. The van der Waals surface area contributed by atoms with Gasteiger partial charge in [-0.15, -0.1) is 0 Å². The fraction of sp³-hybridized carbons (Fsp3) is 0.133. The van der Waals surface area contributed by atoms with Crippen LogP contribution in [0.5, 0.6) is 0 Å². The number of nitrogens with two attached hydrogens (primary N) is 1. The highest BCUT2D eigenvalue weighted by atomic mass is 35.5. The molecule has 0 aliphatic heterocycles. The molecule has 3 nitrogen and oxygen atoms in total. The maximum Gasteiger partial charge on any atom is 0.111 e. The largest absolute Gasteiger partial charge is 0.399 e. The highest BCUT2D eigenvalue weighted by Gasteiger charge is 2.11. The van der Waals surface area contributed by atoms with E-state index in [1.54, 1.807) is 0 Å². The number of nitrogens with zero attached hydrogens (tertiary/aromatic N) is 2. The summed E-state index contributed by atoms with van der Waals surface area (Å²) in [6.45, 7) is 4.05. The zero-order chi connectivity index (χ0) is 13.6. The highest BCUT2D eigenvalue weighted by molar-refractivity contribution is 6.30. The molecule has 0 saturated carbocycles. The van der Waals surface area contributed by atoms with Crippen LogP contribution in [0.25, 0.3) is 16.7 Å². The molecule has 4 heteroatoms. The molecule has 0 aliphatic rings. The second kappa shape index (κ2) is 4.28. The molecule has 96 valence electrons. The van der Waals surface area contributed by atoms with Crippen LogP contribution in [0.3, 0.4) is 0 Å². The van der Waals surface area contributed by atoms with Gasteiger partial charge in [0, 0.05) is 10.7 Å². The maximum absolute atomic E-state index is 6.11. The smallest absolute Gasteiger partial charge is 0.111 e. The lowest BCUT2D eigenvalue weighted by Gasteiger charge is -2.11. The van der Waals surface area contributed by atoms with Crippen molar-refractivity contribution in [3.8, 4) is 5.69 Å². The summed E-state index contributed by atoms with van der Waals surface area (Å²) in [5.74, 6) is 0.922. The Hall–Kier alpha value is -2.00. The Morgan fingerprint density at radius 3 is 2.68 bits per heavy atom. The summed E-state index contributed by atoms with van der Waals surface area (Å²) < 4.78 is 2.11. The van der Waals surface area contributed by atoms with Crippen LogP contribution >= 0.6 is 11.6 Å². The van der Waals surface area contributed by atoms with Crippen LogP contribution in [0.2, 0.25) is 5.02 Å². The minimum absolute atomic E-state index is 0.720. The summed E-state index contributed by atoms with van der Waals surface area (Å²) in [4.78, 5) is 4.56. The van der Waals surface area contributed by atoms with Crippen molar-refractivity contribution in [2.75, 3.05) is 5.73 Å². The second-order valence-corrected chi connectivity index (χ2v) is 5.11. The van der Waals surface area contributed by atoms with E-state index in [-0.39, 0.29) is 0 Å². The van der Waals surface area contributed by atoms with Crippen molar-refractivity contribution in [1.29, 1.82) is 0 Å². The number of benzene rings is 2. The third kappa shape index (κ3) is 1.96. The van der Waals surface area contributed by atoms with E-state index in [4.69, 9.17) is 17.3 Å². The third-order valence-corrected chi connectivity index (χ3v) is 3.49. The number of aryl methyl sites for hydroxylation is 2. The van der Waals surface area contributed by atoms with Crippen molar-refractivity contribution < 1.29 is 0 Å². The summed E-state index contributed by atoms with van der Waals surface area (Å²) in [5, 5.41) is 0.720. The van der Waals surface area contributed by atoms with E-state index in [1.165, 1.54) is 0 Å². The fourth-order valence-electron chi connectivity index (χ4n) is 2.35. The molecule has 2 N–H and O–H groups in total. The van der Waals surface area contributed by atoms with Crippen LogP contribution in [0, 0.1) is 13.8 Å². The van der Waals surface area contributed by atoms with Gasteiger partial charge in [0.1, 0.15) is 5.82 Å². The predicted molar refractivity (Wildman–Crippen MR) is 80.0 cm³/mol. The van der Waals surface area contributed by atoms with Crippen molar-refractivity contribution in [1.82, 2.24) is 9.55 Å². The topological polar surface area (TPSA) is 43.8 Å². The molecule has 3 aromatic rings. The van der Waals surface area contributed by atoms with E-state index in [1.807, 2.05) is 43.3 Å². The molecule has 1 aromatic heterocycles. The highest BCUT2D eigenvalue weighted by Crippen LogP contribution is 2.26. The zero-order valence-electron chi connectivity index (χ0n) is 10.8. The van der Waals surface area contributed by atoms with Crippen molar-refractivity contribution in [3.63, 3.8) is 0 Å². The number of hydrogen-bond donors (Lipinski definition) is 1. The van der Waals surface area contributed by atoms with Crippen LogP contribution in [-0.2, 0) is 0 Å². The van der Waals surface area contributed by atoms with Gasteiger partial charge in [0.2, 0.25) is 0 Å². The lowest BCUT2D eigenvalue weighted by molar-refractivity contribution is 0.990. The first-order chi connectivity index (χ1) is 9.06. The molecule has 0 aliphatic carbocycles. The lowest BCUT2D eigenvalue weighted by atomic mass is 10.2. The Kier molecular flexibility index (Phi) is 2.72. The number of imidazole rings is 1. The fourth-order valence-corrected chi connectivity index (χ4v) is 2.51. The number of nitrogen functional groups attached to an aromatic ring is 1. The van der Waals surface area contributed by atoms with Crippen molar-refractivity contribution >= 4 is 28.3 Å². The van der Waals surface area contributed by atoms with Gasteiger partial charge in [-0.1, -0.05) is 17.7 Å². The zero-order valence-corrected chi connectivity index (χ0v) is 11.6. The Morgan fingerprint density at radius 1 is 1.11 bits per heavy atom. The predicted octanol–water partition coefficient (Wildman–Crippen LogP) is 3.88. The number of hydrogen-bond acceptors (Lipinski definition) is 2. The molecule has 0 bridgehead atoms. The summed E-state index contributed by atoms with van der Waals surface area (Å²) in [5.41, 5.74) is 10.7.